The van der Waals surface area contributed by atoms with Gasteiger partial charge in [0.1, 0.15) is 23.4 Å². The van der Waals surface area contributed by atoms with Crippen molar-refractivity contribution >= 4 is 40.8 Å². The van der Waals surface area contributed by atoms with Gasteiger partial charge in [-0.2, -0.15) is 10.2 Å². The number of carbonyl (C=O) groups excluding carboxylic acids is 2. The summed E-state index contributed by atoms with van der Waals surface area (Å²) in [6.07, 6.45) is 2.84. The standard InChI is InChI=1S/C16H14Cl2N6O3/c1-9-14(15(18)23(2)22-9)16(26)27-6-13(25)21-11-5-10(17)3-4-12(11)24-8-19-7-20-24/h3-5,7-8H,6H2,1-2H3,(H,21,25). The molecule has 9 nitrogen and oxygen atoms in total. The van der Waals surface area contributed by atoms with Gasteiger partial charge in [0.2, 0.25) is 0 Å². The Bertz CT molecular complexity index is 1000. The van der Waals surface area contributed by atoms with E-state index in [0.717, 1.165) is 0 Å². The Morgan fingerprint density at radius 1 is 1.30 bits per heavy atom. The molecule has 0 saturated heterocycles. The molecule has 11 heteroatoms. The maximum absolute atomic E-state index is 12.2. The van der Waals surface area contributed by atoms with Crippen LogP contribution in [-0.2, 0) is 16.6 Å². The van der Waals surface area contributed by atoms with Gasteiger partial charge in [0.05, 0.1) is 17.1 Å². The van der Waals surface area contributed by atoms with E-state index in [1.165, 1.54) is 22.0 Å². The van der Waals surface area contributed by atoms with Crippen LogP contribution in [0.25, 0.3) is 5.69 Å². The second kappa shape index (κ2) is 7.77. The van der Waals surface area contributed by atoms with E-state index in [-0.39, 0.29) is 10.7 Å². The predicted molar refractivity (Wildman–Crippen MR) is 98.2 cm³/mol. The first-order chi connectivity index (χ1) is 12.9. The number of esters is 1. The average molecular weight is 409 g/mol. The lowest BCUT2D eigenvalue weighted by Gasteiger charge is -2.11. The molecule has 0 bridgehead atoms. The van der Waals surface area contributed by atoms with E-state index in [9.17, 15) is 9.59 Å². The molecule has 0 aliphatic carbocycles. The van der Waals surface area contributed by atoms with E-state index < -0.39 is 18.5 Å². The molecule has 3 rings (SSSR count). The Morgan fingerprint density at radius 3 is 2.70 bits per heavy atom. The van der Waals surface area contributed by atoms with Crippen LogP contribution in [-0.4, -0.2) is 43.0 Å². The Morgan fingerprint density at radius 2 is 2.07 bits per heavy atom. The van der Waals surface area contributed by atoms with Crippen molar-refractivity contribution in [3.05, 3.63) is 52.3 Å². The van der Waals surface area contributed by atoms with Crippen molar-refractivity contribution < 1.29 is 14.3 Å². The largest absolute Gasteiger partial charge is 0.452 e. The average Bonchev–Trinajstić information content (AvgIpc) is 3.22. The van der Waals surface area contributed by atoms with E-state index in [2.05, 4.69) is 20.5 Å². The van der Waals surface area contributed by atoms with Crippen LogP contribution < -0.4 is 5.32 Å². The number of aryl methyl sites for hydroxylation is 2. The zero-order valence-electron chi connectivity index (χ0n) is 14.3. The Balaban J connectivity index is 1.70. The minimum Gasteiger partial charge on any atom is -0.452 e. The Labute approximate surface area is 163 Å². The summed E-state index contributed by atoms with van der Waals surface area (Å²) in [7, 11) is 1.60. The molecule has 0 aliphatic heterocycles. The van der Waals surface area contributed by atoms with Crippen molar-refractivity contribution in [1.82, 2.24) is 24.5 Å². The first kappa shape index (κ1) is 18.9. The number of hydrogen-bond donors (Lipinski definition) is 1. The second-order valence-corrected chi connectivity index (χ2v) is 6.30. The van der Waals surface area contributed by atoms with Gasteiger partial charge in [0, 0.05) is 12.1 Å². The summed E-state index contributed by atoms with van der Waals surface area (Å²) in [4.78, 5) is 28.3. The van der Waals surface area contributed by atoms with Gasteiger partial charge < -0.3 is 10.1 Å². The maximum Gasteiger partial charge on any atom is 0.343 e. The van der Waals surface area contributed by atoms with Crippen molar-refractivity contribution in [1.29, 1.82) is 0 Å². The highest BCUT2D eigenvalue weighted by atomic mass is 35.5. The Kier molecular flexibility index (Phi) is 5.43. The lowest BCUT2D eigenvalue weighted by Crippen LogP contribution is -2.22. The van der Waals surface area contributed by atoms with Gasteiger partial charge in [0.15, 0.2) is 6.61 Å². The molecule has 1 amide bonds. The molecule has 2 aromatic heterocycles. The molecular weight excluding hydrogens is 395 g/mol. The summed E-state index contributed by atoms with van der Waals surface area (Å²) in [5.41, 5.74) is 1.49. The van der Waals surface area contributed by atoms with Crippen molar-refractivity contribution in [3.63, 3.8) is 0 Å². The molecule has 1 aromatic carbocycles. The summed E-state index contributed by atoms with van der Waals surface area (Å²) in [5, 5.41) is 11.2. The zero-order chi connectivity index (χ0) is 19.6. The number of halogens is 2. The molecule has 0 unspecified atom stereocenters. The number of nitrogens with zero attached hydrogens (tertiary/aromatic N) is 5. The fourth-order valence-corrected chi connectivity index (χ4v) is 2.82. The van der Waals surface area contributed by atoms with E-state index in [4.69, 9.17) is 27.9 Å². The minimum atomic E-state index is -0.733. The number of aromatic nitrogens is 5. The number of ether oxygens (including phenoxy) is 1. The first-order valence-corrected chi connectivity index (χ1v) is 8.43. The third kappa shape index (κ3) is 4.09. The normalized spacial score (nSPS) is 10.7. The van der Waals surface area contributed by atoms with Crippen LogP contribution >= 0.6 is 23.2 Å². The van der Waals surface area contributed by atoms with Crippen LogP contribution in [0.5, 0.6) is 0 Å². The summed E-state index contributed by atoms with van der Waals surface area (Å²) < 4.78 is 7.86. The monoisotopic (exact) mass is 408 g/mol. The van der Waals surface area contributed by atoms with Gasteiger partial charge in [0.25, 0.3) is 5.91 Å². The summed E-state index contributed by atoms with van der Waals surface area (Å²) in [5.74, 6) is -1.28. The van der Waals surface area contributed by atoms with Crippen LogP contribution in [0, 0.1) is 6.92 Å². The van der Waals surface area contributed by atoms with E-state index >= 15 is 0 Å². The molecule has 2 heterocycles. The maximum atomic E-state index is 12.2. The van der Waals surface area contributed by atoms with Crippen molar-refractivity contribution in [2.24, 2.45) is 7.05 Å². The third-order valence-corrected chi connectivity index (χ3v) is 4.26. The molecule has 0 saturated carbocycles. The van der Waals surface area contributed by atoms with Crippen LogP contribution in [0.15, 0.2) is 30.9 Å². The van der Waals surface area contributed by atoms with Crippen molar-refractivity contribution in [3.8, 4) is 5.69 Å². The summed E-state index contributed by atoms with van der Waals surface area (Å²) in [6.45, 7) is 1.12. The van der Waals surface area contributed by atoms with E-state index in [0.29, 0.717) is 22.1 Å². The molecule has 27 heavy (non-hydrogen) atoms. The number of carbonyl (C=O) groups is 2. The molecule has 3 aromatic rings. The fraction of sp³-hybridized carbons (Fsp3) is 0.188. The quantitative estimate of drug-likeness (QED) is 0.649. The molecule has 0 spiro atoms. The highest BCUT2D eigenvalue weighted by Gasteiger charge is 2.21. The minimum absolute atomic E-state index is 0.123. The molecule has 0 fully saturated rings. The van der Waals surface area contributed by atoms with Crippen LogP contribution in [0.2, 0.25) is 10.2 Å². The SMILES string of the molecule is Cc1nn(C)c(Cl)c1C(=O)OCC(=O)Nc1cc(Cl)ccc1-n1cncn1. The summed E-state index contributed by atoms with van der Waals surface area (Å²) >= 11 is 12.0. The smallest absolute Gasteiger partial charge is 0.343 e. The molecule has 1 N–H and O–H groups in total. The van der Waals surface area contributed by atoms with Crippen LogP contribution in [0.3, 0.4) is 0 Å². The predicted octanol–water partition coefficient (Wildman–Crippen LogP) is 2.41. The first-order valence-electron chi connectivity index (χ1n) is 7.67. The van der Waals surface area contributed by atoms with Gasteiger partial charge in [-0.25, -0.2) is 14.5 Å². The molecule has 0 radical (unpaired) electrons. The third-order valence-electron chi connectivity index (χ3n) is 3.59. The van der Waals surface area contributed by atoms with Gasteiger partial charge in [-0.15, -0.1) is 0 Å². The fourth-order valence-electron chi connectivity index (χ4n) is 2.39. The van der Waals surface area contributed by atoms with Crippen molar-refractivity contribution in [2.45, 2.75) is 6.92 Å². The molecule has 0 atom stereocenters. The van der Waals surface area contributed by atoms with Gasteiger partial charge in [-0.1, -0.05) is 23.2 Å². The van der Waals surface area contributed by atoms with Crippen LogP contribution in [0.1, 0.15) is 16.1 Å². The number of rotatable bonds is 5. The summed E-state index contributed by atoms with van der Waals surface area (Å²) in [6, 6.07) is 4.89. The topological polar surface area (TPSA) is 104 Å². The molecule has 140 valence electrons. The number of amides is 1. The lowest BCUT2D eigenvalue weighted by molar-refractivity contribution is -0.119. The van der Waals surface area contributed by atoms with E-state index in [1.807, 2.05) is 0 Å². The number of benzene rings is 1. The zero-order valence-corrected chi connectivity index (χ0v) is 15.8. The highest BCUT2D eigenvalue weighted by Crippen LogP contribution is 2.24. The van der Waals surface area contributed by atoms with Gasteiger partial charge in [-0.05, 0) is 25.1 Å². The highest BCUT2D eigenvalue weighted by molar-refractivity contribution is 6.32. The number of hydrogen-bond acceptors (Lipinski definition) is 6. The molecular formula is C16H14Cl2N6O3. The van der Waals surface area contributed by atoms with Crippen LogP contribution in [0.4, 0.5) is 5.69 Å². The van der Waals surface area contributed by atoms with Gasteiger partial charge >= 0.3 is 5.97 Å². The number of anilines is 1. The Hall–Kier alpha value is -2.91. The lowest BCUT2D eigenvalue weighted by atomic mass is 10.2. The number of nitrogens with one attached hydrogen (secondary N) is 1. The van der Waals surface area contributed by atoms with E-state index in [1.54, 1.807) is 32.2 Å². The van der Waals surface area contributed by atoms with Crippen molar-refractivity contribution in [2.75, 3.05) is 11.9 Å². The molecule has 0 aliphatic rings. The second-order valence-electron chi connectivity index (χ2n) is 5.50. The van der Waals surface area contributed by atoms with Gasteiger partial charge in [-0.3, -0.25) is 9.48 Å².